The van der Waals surface area contributed by atoms with Crippen molar-refractivity contribution in [1.82, 2.24) is 18.2 Å². The van der Waals surface area contributed by atoms with Gasteiger partial charge in [0.15, 0.2) is 6.61 Å². The van der Waals surface area contributed by atoms with E-state index in [4.69, 9.17) is 4.74 Å². The number of amides is 1. The van der Waals surface area contributed by atoms with Gasteiger partial charge >= 0.3 is 11.9 Å². The summed E-state index contributed by atoms with van der Waals surface area (Å²) in [5.41, 5.74) is -3.38. The van der Waals surface area contributed by atoms with E-state index in [1.54, 1.807) is 17.7 Å². The number of aryl methyl sites for hydroxylation is 1. The lowest BCUT2D eigenvalue weighted by Gasteiger charge is -2.14. The normalized spacial score (nSPS) is 12.1. The van der Waals surface area contributed by atoms with Crippen molar-refractivity contribution < 1.29 is 35.5 Å². The third-order valence-electron chi connectivity index (χ3n) is 5.52. The summed E-state index contributed by atoms with van der Waals surface area (Å²) in [7, 11) is -2.95. The molecule has 2 heterocycles. The summed E-state index contributed by atoms with van der Waals surface area (Å²) in [5.74, 6) is -1.75. The Labute approximate surface area is 221 Å². The molecular weight excluding hydrogens is 568 g/mol. The molecule has 10 nitrogen and oxygen atoms in total. The maximum absolute atomic E-state index is 15.0. The molecule has 0 aliphatic carbocycles. The van der Waals surface area contributed by atoms with Crippen LogP contribution in [-0.4, -0.2) is 40.7 Å². The highest BCUT2D eigenvalue weighted by atomic mass is 32.2. The van der Waals surface area contributed by atoms with Crippen LogP contribution in [0.25, 0.3) is 27.0 Å². The van der Waals surface area contributed by atoms with E-state index in [1.165, 1.54) is 12.1 Å². The molecule has 2 aromatic carbocycles. The van der Waals surface area contributed by atoms with Crippen LogP contribution >= 0.6 is 11.5 Å². The summed E-state index contributed by atoms with van der Waals surface area (Å²) in [6.07, 6.45) is -4.16. The van der Waals surface area contributed by atoms with Gasteiger partial charge in [-0.25, -0.2) is 22.2 Å². The molecule has 206 valence electrons. The fourth-order valence-corrected chi connectivity index (χ4v) is 5.03. The van der Waals surface area contributed by atoms with Gasteiger partial charge < -0.3 is 4.74 Å². The molecule has 0 bridgehead atoms. The number of halogens is 4. The highest BCUT2D eigenvalue weighted by Crippen LogP contribution is 2.36. The minimum Gasteiger partial charge on any atom is -0.484 e. The minimum absolute atomic E-state index is 0.176. The van der Waals surface area contributed by atoms with Crippen LogP contribution in [0, 0.1) is 12.7 Å². The van der Waals surface area contributed by atoms with Gasteiger partial charge in [-0.2, -0.15) is 17.5 Å². The van der Waals surface area contributed by atoms with Gasteiger partial charge in [-0.05, 0) is 48.3 Å². The van der Waals surface area contributed by atoms with Crippen molar-refractivity contribution >= 4 is 37.5 Å². The minimum atomic E-state index is -4.98. The maximum Gasteiger partial charge on any atom is 0.431 e. The van der Waals surface area contributed by atoms with E-state index < -0.39 is 57.2 Å². The number of ether oxygens (including phenoxy) is 1. The summed E-state index contributed by atoms with van der Waals surface area (Å²) in [4.78, 5) is 37.0. The van der Waals surface area contributed by atoms with Gasteiger partial charge in [0.05, 0.1) is 22.3 Å². The zero-order chi connectivity index (χ0) is 28.9. The first-order valence-corrected chi connectivity index (χ1v) is 13.5. The predicted octanol–water partition coefficient (Wildman–Crippen LogP) is 2.73. The van der Waals surface area contributed by atoms with Crippen LogP contribution in [-0.2, 0) is 28.0 Å². The van der Waals surface area contributed by atoms with Crippen molar-refractivity contribution in [2.45, 2.75) is 13.1 Å². The Bertz CT molecular complexity index is 1860. The molecule has 0 atom stereocenters. The van der Waals surface area contributed by atoms with Crippen molar-refractivity contribution in [3.63, 3.8) is 0 Å². The van der Waals surface area contributed by atoms with Gasteiger partial charge in [0.25, 0.3) is 11.5 Å². The highest BCUT2D eigenvalue weighted by molar-refractivity contribution is 7.89. The lowest BCUT2D eigenvalue weighted by molar-refractivity contribution is -0.144. The predicted molar refractivity (Wildman–Crippen MR) is 134 cm³/mol. The summed E-state index contributed by atoms with van der Waals surface area (Å²) in [5, 5.41) is 0.292. The van der Waals surface area contributed by atoms with E-state index in [9.17, 15) is 36.0 Å². The second-order valence-electron chi connectivity index (χ2n) is 8.44. The molecule has 39 heavy (non-hydrogen) atoms. The lowest BCUT2D eigenvalue weighted by Crippen LogP contribution is -2.41. The number of carbonyl (C=O) groups excluding carboxylic acids is 1. The molecule has 0 saturated heterocycles. The Morgan fingerprint density at radius 3 is 2.49 bits per heavy atom. The number of hydrogen-bond donors (Lipinski definition) is 1. The molecule has 0 radical (unpaired) electrons. The number of rotatable bonds is 6. The first kappa shape index (κ1) is 28.0. The molecule has 2 aromatic heterocycles. The topological polar surface area (TPSA) is 129 Å². The van der Waals surface area contributed by atoms with E-state index in [2.05, 4.69) is 4.37 Å². The zero-order valence-corrected chi connectivity index (χ0v) is 21.9. The van der Waals surface area contributed by atoms with Gasteiger partial charge in [0.1, 0.15) is 17.3 Å². The summed E-state index contributed by atoms with van der Waals surface area (Å²) < 4.78 is 89.4. The van der Waals surface area contributed by atoms with Crippen molar-refractivity contribution in [2.24, 2.45) is 7.05 Å². The number of carbonyl (C=O) groups is 1. The average Bonchev–Trinajstić information content (AvgIpc) is 3.21. The van der Waals surface area contributed by atoms with Gasteiger partial charge in [-0.3, -0.25) is 18.9 Å². The van der Waals surface area contributed by atoms with Crippen LogP contribution in [0.1, 0.15) is 11.3 Å². The number of sulfonamides is 1. The lowest BCUT2D eigenvalue weighted by atomic mass is 10.0. The second-order valence-corrected chi connectivity index (χ2v) is 11.0. The Hall–Kier alpha value is -4.05. The van der Waals surface area contributed by atoms with Gasteiger partial charge in [-0.15, -0.1) is 0 Å². The van der Waals surface area contributed by atoms with Crippen molar-refractivity contribution in [2.75, 3.05) is 12.9 Å². The Morgan fingerprint density at radius 1 is 1.15 bits per heavy atom. The molecule has 4 rings (SSSR count). The van der Waals surface area contributed by atoms with Crippen molar-refractivity contribution in [1.29, 1.82) is 0 Å². The Morgan fingerprint density at radius 2 is 1.85 bits per heavy atom. The quantitative estimate of drug-likeness (QED) is 0.344. The van der Waals surface area contributed by atoms with E-state index >= 15 is 4.39 Å². The summed E-state index contributed by atoms with van der Waals surface area (Å²) in [6.45, 7) is 1.12. The molecular formula is C23H18F4N4O6S2. The number of alkyl halides is 3. The number of nitrogens with zero attached hydrogens (tertiary/aromatic N) is 3. The van der Waals surface area contributed by atoms with Crippen molar-refractivity contribution in [3.05, 3.63) is 74.3 Å². The molecule has 0 unspecified atom stereocenters. The van der Waals surface area contributed by atoms with Crippen LogP contribution in [0.15, 0.2) is 46.0 Å². The van der Waals surface area contributed by atoms with Gasteiger partial charge in [0, 0.05) is 24.1 Å². The molecule has 0 aliphatic rings. The second kappa shape index (κ2) is 9.92. The van der Waals surface area contributed by atoms with E-state index in [1.807, 2.05) is 0 Å². The standard InChI is InChI=1S/C23H18F4N4O6S2/c1-11-4-5-12(37-10-19(32)29-39(3,35)36)6-13(11)21-14-7-16(15(24)8-17(14)38-28-21)31-20(33)9-18(23(25,26)27)30(2)22(31)34/h4-9H,10H2,1-3H3,(H,29,32). The molecule has 16 heteroatoms. The zero-order valence-electron chi connectivity index (χ0n) is 20.3. The molecule has 1 amide bonds. The molecule has 4 aromatic rings. The van der Waals surface area contributed by atoms with Crippen LogP contribution in [0.5, 0.6) is 5.75 Å². The maximum atomic E-state index is 15.0. The summed E-state index contributed by atoms with van der Waals surface area (Å²) >= 11 is 0.902. The number of benzene rings is 2. The molecule has 0 saturated carbocycles. The smallest absolute Gasteiger partial charge is 0.431 e. The largest absolute Gasteiger partial charge is 0.484 e. The first-order chi connectivity index (χ1) is 18.1. The number of aromatic nitrogens is 3. The first-order valence-electron chi connectivity index (χ1n) is 10.8. The Kier molecular flexibility index (Phi) is 7.12. The average molecular weight is 587 g/mol. The van der Waals surface area contributed by atoms with Crippen LogP contribution in [0.4, 0.5) is 17.6 Å². The highest BCUT2D eigenvalue weighted by Gasteiger charge is 2.35. The van der Waals surface area contributed by atoms with E-state index in [0.29, 0.717) is 25.8 Å². The van der Waals surface area contributed by atoms with E-state index in [0.717, 1.165) is 37.0 Å². The van der Waals surface area contributed by atoms with Crippen LogP contribution in [0.2, 0.25) is 0 Å². The molecule has 0 spiro atoms. The third kappa shape index (κ3) is 5.70. The summed E-state index contributed by atoms with van der Waals surface area (Å²) in [6, 6.07) is 7.03. The SMILES string of the molecule is Cc1ccc(OCC(=O)NS(C)(=O)=O)cc1-c1nsc2cc(F)c(-n3c(=O)cc(C(F)(F)F)n(C)c3=O)cc12. The monoisotopic (exact) mass is 586 g/mol. The Balaban J connectivity index is 1.80. The van der Waals surface area contributed by atoms with Gasteiger partial charge in [-0.1, -0.05) is 6.07 Å². The van der Waals surface area contributed by atoms with Crippen LogP contribution < -0.4 is 20.7 Å². The number of fused-ring (bicyclic) bond motifs is 1. The van der Waals surface area contributed by atoms with Crippen molar-refractivity contribution in [3.8, 4) is 22.7 Å². The fourth-order valence-electron chi connectivity index (χ4n) is 3.76. The van der Waals surface area contributed by atoms with E-state index in [-0.39, 0.29) is 22.1 Å². The molecule has 1 N–H and O–H groups in total. The number of hydrogen-bond acceptors (Lipinski definition) is 8. The van der Waals surface area contributed by atoms with Gasteiger partial charge in [0.2, 0.25) is 10.0 Å². The fraction of sp³-hybridized carbons (Fsp3) is 0.217. The number of nitrogens with one attached hydrogen (secondary N) is 1. The molecule has 0 aliphatic heterocycles. The van der Waals surface area contributed by atoms with Crippen LogP contribution in [0.3, 0.4) is 0 Å². The molecule has 0 fully saturated rings. The third-order valence-corrected chi connectivity index (χ3v) is 6.93.